The zero-order valence-electron chi connectivity index (χ0n) is 27.8. The van der Waals surface area contributed by atoms with Crippen molar-refractivity contribution in [3.63, 3.8) is 0 Å². The molecule has 0 bridgehead atoms. The van der Waals surface area contributed by atoms with Gasteiger partial charge >= 0.3 is 115 Å². The van der Waals surface area contributed by atoms with Crippen LogP contribution in [0.15, 0.2) is 67.0 Å². The predicted molar refractivity (Wildman–Crippen MR) is 199 cm³/mol. The topological polar surface area (TPSA) is 22.1 Å². The molecular formula is C37H44Cl4N3ORu-. The van der Waals surface area contributed by atoms with Gasteiger partial charge in [-0.3, -0.25) is 4.98 Å². The molecule has 5 rings (SSSR count). The molecule has 1 aromatic heterocycles. The van der Waals surface area contributed by atoms with Crippen molar-refractivity contribution < 1.29 is 17.9 Å². The van der Waals surface area contributed by atoms with Crippen LogP contribution in [0.4, 0.5) is 11.4 Å². The van der Waals surface area contributed by atoms with Gasteiger partial charge in [0.15, 0.2) is 0 Å². The maximum absolute atomic E-state index is 5.95. The van der Waals surface area contributed by atoms with E-state index in [1.165, 1.54) is 44.8 Å². The van der Waals surface area contributed by atoms with Gasteiger partial charge in [0.05, 0.1) is 0 Å². The summed E-state index contributed by atoms with van der Waals surface area (Å²) >= 11 is 9.58. The predicted octanol–water partition coefficient (Wildman–Crippen LogP) is 11.6. The molecule has 3 aromatic carbocycles. The third kappa shape index (κ3) is 11.0. The molecule has 0 unspecified atom stereocenters. The van der Waals surface area contributed by atoms with Gasteiger partial charge in [0.25, 0.3) is 0 Å². The molecule has 9 heteroatoms. The van der Waals surface area contributed by atoms with E-state index in [9.17, 15) is 0 Å². The van der Waals surface area contributed by atoms with E-state index in [2.05, 4.69) is 98.7 Å². The molecule has 0 spiro atoms. The number of nitrogens with zero attached hydrogens (tertiary/aromatic N) is 3. The van der Waals surface area contributed by atoms with Crippen molar-refractivity contribution in [1.82, 2.24) is 4.98 Å². The number of hydrogen-bond acceptors (Lipinski definition) is 3. The molecule has 0 radical (unpaired) electrons. The Morgan fingerprint density at radius 1 is 0.761 bits per heavy atom. The molecule has 2 heterocycles. The Kier molecular flexibility index (Phi) is 14.9. The molecule has 0 saturated carbocycles. The third-order valence-corrected chi connectivity index (χ3v) is 9.68. The SMILES string of the molecule is Cc1cc(C)c(N2[CH-]N(c3c(C)cc(C)cc3C)CC2)c(C)c1.Clc1ccncc1.[CH2-][O+](c1ccc(Cl)cc1[CH]=[Ru]([Cl])[Cl])C(C)C. The Bertz CT molecular complexity index is 1530. The molecular weight excluding hydrogens is 745 g/mol. The molecule has 46 heavy (non-hydrogen) atoms. The standard InChI is InChI=1S/C21H27N2.C11H13ClO.C5H4ClN.2ClH.Ru/c1-14-9-16(3)20(17(4)10-14)22-7-8-23(13-22)21-18(5)11-15(2)12-19(21)6;1-8(2)13(4)11-6-5-10(12)7-9(11)3;6-5-1-3-7-4-2-5;;;/h9-13H,7-8H2,1-6H3;3,5-8H,4H2,1-2H3;1-4H;2*1H;/q-1;;;;;+2/p-2. The minimum atomic E-state index is -1.87. The first kappa shape index (κ1) is 38.3. The average Bonchev–Trinajstić information content (AvgIpc) is 3.41. The van der Waals surface area contributed by atoms with Crippen LogP contribution in [-0.4, -0.2) is 28.8 Å². The summed E-state index contributed by atoms with van der Waals surface area (Å²) in [7, 11) is 15.7. The molecule has 0 N–H and O–H groups in total. The Morgan fingerprint density at radius 3 is 1.59 bits per heavy atom. The van der Waals surface area contributed by atoms with Gasteiger partial charge in [0.2, 0.25) is 0 Å². The second-order valence-corrected chi connectivity index (χ2v) is 18.2. The summed E-state index contributed by atoms with van der Waals surface area (Å²) in [5.41, 5.74) is 11.8. The fraction of sp³-hybridized carbons (Fsp3) is 0.297. The van der Waals surface area contributed by atoms with Gasteiger partial charge < -0.3 is 9.80 Å². The van der Waals surface area contributed by atoms with Gasteiger partial charge in [-0.1, -0.05) is 47.0 Å². The van der Waals surface area contributed by atoms with Crippen LogP contribution in [0.1, 0.15) is 52.8 Å². The summed E-state index contributed by atoms with van der Waals surface area (Å²) in [5.74, 6) is 0.916. The normalized spacial score (nSPS) is 12.7. The van der Waals surface area contributed by atoms with Crippen molar-refractivity contribution in [2.24, 2.45) is 0 Å². The summed E-state index contributed by atoms with van der Waals surface area (Å²) in [6.45, 7) is 21.6. The first-order chi connectivity index (χ1) is 21.7. The van der Waals surface area contributed by atoms with E-state index >= 15 is 0 Å². The molecule has 0 aliphatic carbocycles. The van der Waals surface area contributed by atoms with Crippen molar-refractivity contribution in [2.45, 2.75) is 61.5 Å². The van der Waals surface area contributed by atoms with Crippen LogP contribution in [0.3, 0.4) is 0 Å². The van der Waals surface area contributed by atoms with Crippen molar-refractivity contribution >= 4 is 58.6 Å². The van der Waals surface area contributed by atoms with Crippen LogP contribution in [0.2, 0.25) is 10.0 Å². The molecule has 0 atom stereocenters. The van der Waals surface area contributed by atoms with Crippen LogP contribution in [0.25, 0.3) is 0 Å². The zero-order valence-corrected chi connectivity index (χ0v) is 32.6. The van der Waals surface area contributed by atoms with E-state index in [1.807, 2.05) is 36.7 Å². The van der Waals surface area contributed by atoms with Crippen LogP contribution in [0.5, 0.6) is 5.75 Å². The quantitative estimate of drug-likeness (QED) is 0.114. The van der Waals surface area contributed by atoms with Gasteiger partial charge in [-0.05, 0) is 75.9 Å². The summed E-state index contributed by atoms with van der Waals surface area (Å²) in [5, 5.41) is 1.39. The first-order valence-electron chi connectivity index (χ1n) is 14.9. The number of rotatable bonds is 5. The van der Waals surface area contributed by atoms with Crippen molar-refractivity contribution in [1.29, 1.82) is 0 Å². The number of aromatic nitrogens is 1. The molecule has 4 aromatic rings. The molecule has 4 nitrogen and oxygen atoms in total. The first-order valence-corrected chi connectivity index (χ1v) is 21.2. The Hall–Kier alpha value is -2.14. The van der Waals surface area contributed by atoms with Crippen molar-refractivity contribution in [3.8, 4) is 5.75 Å². The number of benzene rings is 3. The van der Waals surface area contributed by atoms with Gasteiger partial charge in [-0.2, -0.15) is 6.67 Å². The summed E-state index contributed by atoms with van der Waals surface area (Å²) < 4.78 is 4.64. The van der Waals surface area contributed by atoms with Gasteiger partial charge in [0.1, 0.15) is 0 Å². The van der Waals surface area contributed by atoms with E-state index in [-0.39, 0.29) is 6.10 Å². The molecule has 1 fully saturated rings. The second kappa shape index (κ2) is 17.9. The Balaban J connectivity index is 0.000000216. The Labute approximate surface area is 299 Å². The van der Waals surface area contributed by atoms with E-state index in [0.29, 0.717) is 5.02 Å². The van der Waals surface area contributed by atoms with Crippen LogP contribution in [0, 0.1) is 55.3 Å². The number of pyridine rings is 1. The average molecular weight is 790 g/mol. The Morgan fingerprint density at radius 2 is 1.22 bits per heavy atom. The van der Waals surface area contributed by atoms with E-state index in [4.69, 9.17) is 42.6 Å². The fourth-order valence-electron chi connectivity index (χ4n) is 5.60. The number of halogens is 4. The van der Waals surface area contributed by atoms with E-state index in [0.717, 1.165) is 29.4 Å². The molecule has 0 amide bonds. The summed E-state index contributed by atoms with van der Waals surface area (Å²) in [6, 6.07) is 18.2. The maximum atomic E-state index is 5.95. The summed E-state index contributed by atoms with van der Waals surface area (Å²) in [4.78, 5) is 8.57. The van der Waals surface area contributed by atoms with Gasteiger partial charge in [-0.25, -0.2) is 0 Å². The van der Waals surface area contributed by atoms with E-state index in [1.54, 1.807) is 24.5 Å². The van der Waals surface area contributed by atoms with Crippen molar-refractivity contribution in [3.05, 3.63) is 130 Å². The number of hydrogen-bond donors (Lipinski definition) is 0. The van der Waals surface area contributed by atoms with Crippen LogP contribution < -0.4 is 9.80 Å². The molecule has 1 saturated heterocycles. The minimum absolute atomic E-state index is 0.222. The third-order valence-electron chi connectivity index (χ3n) is 7.36. The van der Waals surface area contributed by atoms with Crippen molar-refractivity contribution in [2.75, 3.05) is 22.9 Å². The van der Waals surface area contributed by atoms with Crippen LogP contribution >= 0.6 is 42.6 Å². The van der Waals surface area contributed by atoms with Gasteiger partial charge in [0, 0.05) is 41.9 Å². The molecule has 1 aliphatic rings. The van der Waals surface area contributed by atoms with Crippen LogP contribution in [-0.2, 0) is 17.9 Å². The number of aryl methyl sites for hydroxylation is 6. The summed E-state index contributed by atoms with van der Waals surface area (Å²) in [6.07, 6.45) is 3.53. The number of anilines is 2. The van der Waals surface area contributed by atoms with E-state index < -0.39 is 13.5 Å². The molecule has 250 valence electrons. The fourth-order valence-corrected chi connectivity index (χ4v) is 7.68. The van der Waals surface area contributed by atoms with Gasteiger partial charge in [-0.15, -0.1) is 0 Å². The second-order valence-electron chi connectivity index (χ2n) is 11.6. The molecule has 1 aliphatic heterocycles. The monoisotopic (exact) mass is 788 g/mol. The zero-order chi connectivity index (χ0) is 34.1.